The van der Waals surface area contributed by atoms with E-state index in [2.05, 4.69) is 35.7 Å². The third kappa shape index (κ3) is 4.33. The Balaban J connectivity index is 2.10. The molecule has 148 valence electrons. The van der Waals surface area contributed by atoms with E-state index < -0.39 is 0 Å². The molecule has 2 aromatic rings. The SMILES string of the molecule is CCCC(c1nc2ncc(Cl)cc2c(=O)n1CC)N1CCN(C)CC(C)C1. The van der Waals surface area contributed by atoms with Gasteiger partial charge in [-0.2, -0.15) is 0 Å². The zero-order chi connectivity index (χ0) is 19.6. The zero-order valence-electron chi connectivity index (χ0n) is 16.8. The zero-order valence-corrected chi connectivity index (χ0v) is 17.5. The molecule has 0 saturated carbocycles. The molecule has 1 fully saturated rings. The summed E-state index contributed by atoms with van der Waals surface area (Å²) >= 11 is 6.06. The second-order valence-electron chi connectivity index (χ2n) is 7.71. The summed E-state index contributed by atoms with van der Waals surface area (Å²) in [5, 5.41) is 0.957. The molecule has 0 N–H and O–H groups in total. The van der Waals surface area contributed by atoms with Gasteiger partial charge in [0.2, 0.25) is 0 Å². The summed E-state index contributed by atoms with van der Waals surface area (Å²) in [4.78, 5) is 27.2. The molecule has 2 atom stereocenters. The molecule has 0 spiro atoms. The quantitative estimate of drug-likeness (QED) is 0.783. The van der Waals surface area contributed by atoms with E-state index in [0.717, 1.165) is 44.8 Å². The Bertz CT molecular complexity index is 852. The summed E-state index contributed by atoms with van der Waals surface area (Å²) < 4.78 is 1.81. The fourth-order valence-electron chi connectivity index (χ4n) is 4.16. The molecule has 6 nitrogen and oxygen atoms in total. The highest BCUT2D eigenvalue weighted by Crippen LogP contribution is 2.27. The highest BCUT2D eigenvalue weighted by molar-refractivity contribution is 6.31. The Hall–Kier alpha value is -1.50. The fourth-order valence-corrected chi connectivity index (χ4v) is 4.32. The average molecular weight is 392 g/mol. The van der Waals surface area contributed by atoms with Gasteiger partial charge in [0.1, 0.15) is 5.82 Å². The van der Waals surface area contributed by atoms with Crippen molar-refractivity contribution in [2.45, 2.75) is 46.2 Å². The summed E-state index contributed by atoms with van der Waals surface area (Å²) in [6.07, 6.45) is 3.58. The molecule has 1 saturated heterocycles. The smallest absolute Gasteiger partial charge is 0.263 e. The van der Waals surface area contributed by atoms with Crippen LogP contribution >= 0.6 is 11.6 Å². The van der Waals surface area contributed by atoms with Crippen LogP contribution in [0.2, 0.25) is 5.02 Å². The molecule has 0 radical (unpaired) electrons. The Kier molecular flexibility index (Phi) is 6.50. The van der Waals surface area contributed by atoms with Crippen molar-refractivity contribution in [1.29, 1.82) is 0 Å². The average Bonchev–Trinajstić information content (AvgIpc) is 2.80. The summed E-state index contributed by atoms with van der Waals surface area (Å²) in [5.41, 5.74) is 0.443. The van der Waals surface area contributed by atoms with Crippen LogP contribution in [0.25, 0.3) is 11.0 Å². The molecule has 27 heavy (non-hydrogen) atoms. The second kappa shape index (κ2) is 8.67. The lowest BCUT2D eigenvalue weighted by Crippen LogP contribution is -2.38. The molecule has 0 amide bonds. The normalized spacial score (nSPS) is 20.7. The van der Waals surface area contributed by atoms with E-state index in [9.17, 15) is 4.79 Å². The fraction of sp³-hybridized carbons (Fsp3) is 0.650. The van der Waals surface area contributed by atoms with E-state index in [4.69, 9.17) is 16.6 Å². The van der Waals surface area contributed by atoms with Crippen LogP contribution in [0.4, 0.5) is 0 Å². The molecule has 0 aromatic carbocycles. The van der Waals surface area contributed by atoms with Gasteiger partial charge in [-0.25, -0.2) is 9.97 Å². The van der Waals surface area contributed by atoms with Crippen molar-refractivity contribution in [3.8, 4) is 0 Å². The first kappa shape index (κ1) is 20.2. The van der Waals surface area contributed by atoms with Gasteiger partial charge in [0.15, 0.2) is 5.65 Å². The maximum absolute atomic E-state index is 13.1. The van der Waals surface area contributed by atoms with Crippen molar-refractivity contribution >= 4 is 22.6 Å². The lowest BCUT2D eigenvalue weighted by atomic mass is 10.1. The number of hydrogen-bond acceptors (Lipinski definition) is 5. The topological polar surface area (TPSA) is 54.3 Å². The van der Waals surface area contributed by atoms with Crippen LogP contribution in [-0.4, -0.2) is 57.6 Å². The largest absolute Gasteiger partial charge is 0.305 e. The molecule has 0 bridgehead atoms. The molecule has 0 aliphatic carbocycles. The maximum Gasteiger partial charge on any atom is 0.263 e. The molecule has 3 rings (SSSR count). The van der Waals surface area contributed by atoms with E-state index >= 15 is 0 Å². The standard InChI is InChI=1S/C20H30ClN5O/c1-5-7-17(25-9-8-24(4)12-14(3)13-25)19-23-18-16(10-15(21)11-22-18)20(27)26(19)6-2/h10-11,14,17H,5-9,12-13H2,1-4H3. The lowest BCUT2D eigenvalue weighted by molar-refractivity contribution is 0.167. The number of likely N-dealkylation sites (N-methyl/N-ethyl adjacent to an activating group) is 1. The van der Waals surface area contributed by atoms with Gasteiger partial charge in [-0.15, -0.1) is 0 Å². The van der Waals surface area contributed by atoms with Crippen LogP contribution in [0.5, 0.6) is 0 Å². The first-order valence-corrected chi connectivity index (χ1v) is 10.3. The highest BCUT2D eigenvalue weighted by Gasteiger charge is 2.28. The van der Waals surface area contributed by atoms with Gasteiger partial charge in [-0.3, -0.25) is 14.3 Å². The van der Waals surface area contributed by atoms with Crippen LogP contribution in [0.1, 0.15) is 45.5 Å². The Morgan fingerprint density at radius 1 is 1.30 bits per heavy atom. The summed E-state index contributed by atoms with van der Waals surface area (Å²) in [5.74, 6) is 1.42. The van der Waals surface area contributed by atoms with Gasteiger partial charge >= 0.3 is 0 Å². The maximum atomic E-state index is 13.1. The molecule has 3 heterocycles. The van der Waals surface area contributed by atoms with Crippen LogP contribution < -0.4 is 5.56 Å². The first-order chi connectivity index (χ1) is 12.9. The predicted octanol–water partition coefficient (Wildman–Crippen LogP) is 3.19. The van der Waals surface area contributed by atoms with E-state index in [1.54, 1.807) is 16.8 Å². The van der Waals surface area contributed by atoms with Crippen LogP contribution in [0, 0.1) is 5.92 Å². The van der Waals surface area contributed by atoms with Gasteiger partial charge < -0.3 is 4.90 Å². The van der Waals surface area contributed by atoms with Crippen molar-refractivity contribution in [3.05, 3.63) is 33.5 Å². The first-order valence-electron chi connectivity index (χ1n) is 9.93. The minimum absolute atomic E-state index is 0.0476. The van der Waals surface area contributed by atoms with Crippen LogP contribution in [0.15, 0.2) is 17.1 Å². The molecule has 1 aliphatic heterocycles. The molecule has 2 aromatic heterocycles. The number of halogens is 1. The molecule has 1 aliphatic rings. The minimum atomic E-state index is -0.0476. The van der Waals surface area contributed by atoms with Gasteiger partial charge in [-0.05, 0) is 32.4 Å². The monoisotopic (exact) mass is 391 g/mol. The lowest BCUT2D eigenvalue weighted by Gasteiger charge is -2.32. The number of rotatable bonds is 5. The Labute approximate surface area is 166 Å². The molecule has 2 unspecified atom stereocenters. The van der Waals surface area contributed by atoms with Gasteiger partial charge in [0, 0.05) is 38.9 Å². The second-order valence-corrected chi connectivity index (χ2v) is 8.15. The van der Waals surface area contributed by atoms with E-state index in [1.807, 2.05) is 6.92 Å². The Morgan fingerprint density at radius 2 is 2.07 bits per heavy atom. The van der Waals surface area contributed by atoms with Gasteiger partial charge in [-0.1, -0.05) is 31.9 Å². The molecule has 7 heteroatoms. The number of hydrogen-bond donors (Lipinski definition) is 0. The number of aromatic nitrogens is 3. The number of fused-ring (bicyclic) bond motifs is 1. The number of nitrogens with zero attached hydrogens (tertiary/aromatic N) is 5. The predicted molar refractivity (Wildman–Crippen MR) is 110 cm³/mol. The van der Waals surface area contributed by atoms with Crippen LogP contribution in [0.3, 0.4) is 0 Å². The van der Waals surface area contributed by atoms with Crippen molar-refractivity contribution in [2.75, 3.05) is 33.2 Å². The highest BCUT2D eigenvalue weighted by atomic mass is 35.5. The van der Waals surface area contributed by atoms with E-state index in [0.29, 0.717) is 28.5 Å². The third-order valence-corrected chi connectivity index (χ3v) is 5.57. The number of pyridine rings is 1. The summed E-state index contributed by atoms with van der Waals surface area (Å²) in [7, 11) is 2.18. The van der Waals surface area contributed by atoms with Crippen LogP contribution in [-0.2, 0) is 6.54 Å². The Morgan fingerprint density at radius 3 is 2.78 bits per heavy atom. The molecular weight excluding hydrogens is 362 g/mol. The van der Waals surface area contributed by atoms with Gasteiger partial charge in [0.05, 0.1) is 16.5 Å². The van der Waals surface area contributed by atoms with E-state index in [-0.39, 0.29) is 11.6 Å². The summed E-state index contributed by atoms with van der Waals surface area (Å²) in [6.45, 7) is 11.2. The van der Waals surface area contributed by atoms with Gasteiger partial charge in [0.25, 0.3) is 5.56 Å². The third-order valence-electron chi connectivity index (χ3n) is 5.36. The van der Waals surface area contributed by atoms with Crippen molar-refractivity contribution < 1.29 is 0 Å². The molecular formula is C20H30ClN5O. The minimum Gasteiger partial charge on any atom is -0.305 e. The van der Waals surface area contributed by atoms with Crippen molar-refractivity contribution in [1.82, 2.24) is 24.3 Å². The van der Waals surface area contributed by atoms with E-state index in [1.165, 1.54) is 0 Å². The van der Waals surface area contributed by atoms with Crippen molar-refractivity contribution in [3.63, 3.8) is 0 Å². The van der Waals surface area contributed by atoms with Crippen molar-refractivity contribution in [2.24, 2.45) is 5.92 Å². The summed E-state index contributed by atoms with van der Waals surface area (Å²) in [6, 6.07) is 1.80.